The highest BCUT2D eigenvalue weighted by Gasteiger charge is 2.41. The lowest BCUT2D eigenvalue weighted by Crippen LogP contribution is -2.47. The van der Waals surface area contributed by atoms with Crippen LogP contribution in [0.5, 0.6) is 0 Å². The van der Waals surface area contributed by atoms with Crippen LogP contribution in [0.15, 0.2) is 17.0 Å². The monoisotopic (exact) mass is 513 g/mol. The van der Waals surface area contributed by atoms with Crippen LogP contribution in [-0.4, -0.2) is 66.2 Å². The first-order chi connectivity index (χ1) is 16.6. The minimum atomic E-state index is -4.90. The molecular formula is C22H30F3N7O2S. The Morgan fingerprint density at radius 2 is 1.91 bits per heavy atom. The van der Waals surface area contributed by atoms with E-state index in [1.54, 1.807) is 0 Å². The fraction of sp³-hybridized carbons (Fsp3) is 0.682. The zero-order chi connectivity index (χ0) is 24.8. The molecule has 3 fully saturated rings. The quantitative estimate of drug-likeness (QED) is 0.560. The summed E-state index contributed by atoms with van der Waals surface area (Å²) in [4.78, 5) is 1.60. The first-order valence-corrected chi connectivity index (χ1v) is 13.6. The SMILES string of the molecule is NS(=O)(=O)c1c(C(F)(F)F)ccc(C2CCC(CC3CC4CNCCN4C3)CC2)c1-c1nn[nH]n1. The maximum atomic E-state index is 13.7. The predicted octanol–water partition coefficient (Wildman–Crippen LogP) is 2.49. The molecule has 35 heavy (non-hydrogen) atoms. The molecule has 192 valence electrons. The molecule has 3 aliphatic rings. The van der Waals surface area contributed by atoms with Gasteiger partial charge in [-0.25, -0.2) is 13.6 Å². The molecule has 13 heteroatoms. The molecule has 4 N–H and O–H groups in total. The van der Waals surface area contributed by atoms with Crippen LogP contribution >= 0.6 is 0 Å². The zero-order valence-electron chi connectivity index (χ0n) is 19.3. The number of halogens is 3. The standard InChI is InChI=1S/C22H30F3N7O2S/c23-22(24,25)18-6-5-17(19(20(18)35(26,33)34)21-28-30-31-29-21)15-3-1-13(2-4-15)9-14-10-16-11-27-7-8-32(16)12-14/h5-6,13-16,27H,1-4,7-12H2,(H2,26,33,34)(H,28,29,30,31). The number of hydrogen-bond acceptors (Lipinski definition) is 7. The van der Waals surface area contributed by atoms with Gasteiger partial charge in [-0.15, -0.1) is 10.2 Å². The molecule has 2 aliphatic heterocycles. The molecule has 5 rings (SSSR count). The molecule has 0 spiro atoms. The van der Waals surface area contributed by atoms with Gasteiger partial charge in [-0.1, -0.05) is 6.07 Å². The summed E-state index contributed by atoms with van der Waals surface area (Å²) in [6, 6.07) is 2.80. The molecule has 2 aromatic rings. The van der Waals surface area contributed by atoms with Crippen LogP contribution in [0.25, 0.3) is 11.4 Å². The van der Waals surface area contributed by atoms with Crippen molar-refractivity contribution in [2.24, 2.45) is 17.0 Å². The first kappa shape index (κ1) is 24.6. The number of sulfonamides is 1. The summed E-state index contributed by atoms with van der Waals surface area (Å²) in [7, 11) is -4.72. The van der Waals surface area contributed by atoms with E-state index in [4.69, 9.17) is 5.14 Å². The Labute approximate surface area is 202 Å². The molecule has 1 aromatic heterocycles. The van der Waals surface area contributed by atoms with E-state index >= 15 is 0 Å². The Hall–Kier alpha value is -2.09. The van der Waals surface area contributed by atoms with Crippen LogP contribution in [0.2, 0.25) is 0 Å². The van der Waals surface area contributed by atoms with Crippen LogP contribution in [-0.2, 0) is 16.2 Å². The summed E-state index contributed by atoms with van der Waals surface area (Å²) >= 11 is 0. The molecule has 0 amide bonds. The summed E-state index contributed by atoms with van der Waals surface area (Å²) in [6.45, 7) is 4.35. The summed E-state index contributed by atoms with van der Waals surface area (Å²) < 4.78 is 66.0. The predicted molar refractivity (Wildman–Crippen MR) is 122 cm³/mol. The van der Waals surface area contributed by atoms with Crippen LogP contribution in [0.3, 0.4) is 0 Å². The van der Waals surface area contributed by atoms with Gasteiger partial charge < -0.3 is 5.32 Å². The van der Waals surface area contributed by atoms with Crippen molar-refractivity contribution in [1.82, 2.24) is 30.8 Å². The Bertz CT molecular complexity index is 1130. The van der Waals surface area contributed by atoms with Gasteiger partial charge in [0.1, 0.15) is 4.90 Å². The van der Waals surface area contributed by atoms with Crippen molar-refractivity contribution in [2.75, 3.05) is 26.2 Å². The molecule has 0 radical (unpaired) electrons. The van der Waals surface area contributed by atoms with Crippen LogP contribution in [0.1, 0.15) is 55.6 Å². The number of hydrogen-bond donors (Lipinski definition) is 3. The molecule has 9 nitrogen and oxygen atoms in total. The molecule has 0 bridgehead atoms. The molecule has 2 saturated heterocycles. The number of benzene rings is 1. The topological polar surface area (TPSA) is 130 Å². The van der Waals surface area contributed by atoms with Crippen LogP contribution < -0.4 is 10.5 Å². The number of fused-ring (bicyclic) bond motifs is 1. The minimum Gasteiger partial charge on any atom is -0.314 e. The van der Waals surface area contributed by atoms with Crippen molar-refractivity contribution in [3.8, 4) is 11.4 Å². The maximum absolute atomic E-state index is 13.7. The molecule has 3 heterocycles. The lowest BCUT2D eigenvalue weighted by atomic mass is 9.74. The molecule has 2 unspecified atom stereocenters. The minimum absolute atomic E-state index is 0.110. The average Bonchev–Trinajstić information content (AvgIpc) is 3.47. The van der Waals surface area contributed by atoms with E-state index in [9.17, 15) is 21.6 Å². The summed E-state index contributed by atoms with van der Waals surface area (Å²) in [5.74, 6) is 0.929. The second kappa shape index (κ2) is 9.41. The van der Waals surface area contributed by atoms with Gasteiger partial charge in [0, 0.05) is 37.8 Å². The Balaban J connectivity index is 1.38. The second-order valence-corrected chi connectivity index (χ2v) is 11.6. The van der Waals surface area contributed by atoms with Gasteiger partial charge in [-0.05, 0) is 73.1 Å². The number of primary sulfonamides is 1. The van der Waals surface area contributed by atoms with Gasteiger partial charge >= 0.3 is 6.18 Å². The third-order valence-electron chi connectivity index (χ3n) is 7.87. The summed E-state index contributed by atoms with van der Waals surface area (Å²) in [5.41, 5.74) is -1.03. The first-order valence-electron chi connectivity index (χ1n) is 12.1. The zero-order valence-corrected chi connectivity index (χ0v) is 20.1. The number of alkyl halides is 3. The molecule has 1 aliphatic carbocycles. The van der Waals surface area contributed by atoms with Gasteiger partial charge in [0.2, 0.25) is 15.8 Å². The average molecular weight is 514 g/mol. The van der Waals surface area contributed by atoms with Crippen molar-refractivity contribution in [1.29, 1.82) is 0 Å². The highest BCUT2D eigenvalue weighted by molar-refractivity contribution is 7.89. The van der Waals surface area contributed by atoms with E-state index in [0.717, 1.165) is 64.3 Å². The fourth-order valence-electron chi connectivity index (χ4n) is 6.37. The Morgan fingerprint density at radius 1 is 1.14 bits per heavy atom. The number of nitrogens with one attached hydrogen (secondary N) is 2. The van der Waals surface area contributed by atoms with Gasteiger partial charge in [0.15, 0.2) is 0 Å². The number of tetrazole rings is 1. The molecule has 1 saturated carbocycles. The van der Waals surface area contributed by atoms with Gasteiger partial charge in [0.05, 0.1) is 5.56 Å². The maximum Gasteiger partial charge on any atom is 0.417 e. The second-order valence-electron chi connectivity index (χ2n) is 10.1. The van der Waals surface area contributed by atoms with E-state index < -0.39 is 26.7 Å². The highest BCUT2D eigenvalue weighted by atomic mass is 32.2. The number of piperazine rings is 1. The lowest BCUT2D eigenvalue weighted by Gasteiger charge is -2.32. The number of aromatic amines is 1. The third-order valence-corrected chi connectivity index (χ3v) is 8.87. The summed E-state index contributed by atoms with van der Waals surface area (Å²) in [6.07, 6.45) is 0.876. The third kappa shape index (κ3) is 5.09. The number of nitrogens with two attached hydrogens (primary N) is 1. The van der Waals surface area contributed by atoms with Crippen LogP contribution in [0, 0.1) is 11.8 Å². The number of H-pyrrole nitrogens is 1. The smallest absolute Gasteiger partial charge is 0.314 e. The van der Waals surface area contributed by atoms with Crippen molar-refractivity contribution in [3.63, 3.8) is 0 Å². The van der Waals surface area contributed by atoms with E-state index in [1.165, 1.54) is 12.5 Å². The van der Waals surface area contributed by atoms with E-state index in [2.05, 4.69) is 30.8 Å². The highest BCUT2D eigenvalue weighted by Crippen LogP contribution is 2.46. The molecule has 2 atom stereocenters. The Kier molecular flexibility index (Phi) is 6.62. The van der Waals surface area contributed by atoms with E-state index in [1.807, 2.05) is 0 Å². The largest absolute Gasteiger partial charge is 0.417 e. The van der Waals surface area contributed by atoms with Crippen molar-refractivity contribution < 1.29 is 21.6 Å². The number of aromatic nitrogens is 4. The van der Waals surface area contributed by atoms with E-state index in [0.29, 0.717) is 23.4 Å². The summed E-state index contributed by atoms with van der Waals surface area (Å²) in [5, 5.41) is 22.0. The van der Waals surface area contributed by atoms with Gasteiger partial charge in [-0.2, -0.15) is 18.4 Å². The van der Waals surface area contributed by atoms with Crippen molar-refractivity contribution in [2.45, 2.75) is 61.6 Å². The van der Waals surface area contributed by atoms with Gasteiger partial charge in [-0.3, -0.25) is 4.90 Å². The number of rotatable bonds is 5. The van der Waals surface area contributed by atoms with Crippen molar-refractivity contribution >= 4 is 10.0 Å². The molecular weight excluding hydrogens is 483 g/mol. The van der Waals surface area contributed by atoms with E-state index in [-0.39, 0.29) is 17.3 Å². The van der Waals surface area contributed by atoms with Crippen molar-refractivity contribution in [3.05, 3.63) is 23.3 Å². The Morgan fingerprint density at radius 3 is 2.54 bits per heavy atom. The van der Waals surface area contributed by atoms with Crippen LogP contribution in [0.4, 0.5) is 13.2 Å². The van der Waals surface area contributed by atoms with Gasteiger partial charge in [0.25, 0.3) is 0 Å². The molecule has 1 aromatic carbocycles. The number of nitrogens with zero attached hydrogens (tertiary/aromatic N) is 4. The normalized spacial score (nSPS) is 28.2. The fourth-order valence-corrected chi connectivity index (χ4v) is 7.36. The lowest BCUT2D eigenvalue weighted by molar-refractivity contribution is -0.139.